The van der Waals surface area contributed by atoms with Crippen LogP contribution in [0.1, 0.15) is 12.8 Å². The van der Waals surface area contributed by atoms with Gasteiger partial charge in [0, 0.05) is 6.54 Å². The van der Waals surface area contributed by atoms with Crippen LogP contribution in [0.4, 0.5) is 0 Å². The minimum absolute atomic E-state index is 0.380. The van der Waals surface area contributed by atoms with E-state index in [2.05, 4.69) is 4.90 Å². The van der Waals surface area contributed by atoms with Crippen LogP contribution in [-0.2, 0) is 0 Å². The van der Waals surface area contributed by atoms with E-state index in [1.165, 1.54) is 25.9 Å². The van der Waals surface area contributed by atoms with Gasteiger partial charge in [-0.2, -0.15) is 0 Å². The van der Waals surface area contributed by atoms with Crippen molar-refractivity contribution in [3.05, 3.63) is 24.3 Å². The van der Waals surface area contributed by atoms with E-state index in [0.717, 1.165) is 24.0 Å². The molecule has 3 aliphatic heterocycles. The molecule has 0 aromatic heterocycles. The molecular formula is C14H19NO2. The zero-order chi connectivity index (χ0) is 11.7. The molecule has 1 unspecified atom stereocenters. The van der Waals surface area contributed by atoms with Gasteiger partial charge in [0.1, 0.15) is 17.6 Å². The van der Waals surface area contributed by atoms with E-state index in [1.54, 1.807) is 7.11 Å². The fourth-order valence-electron chi connectivity index (χ4n) is 2.87. The fourth-order valence-corrected chi connectivity index (χ4v) is 2.87. The fraction of sp³-hybridized carbons (Fsp3) is 0.571. The molecule has 92 valence electrons. The minimum Gasteiger partial charge on any atom is -0.497 e. The van der Waals surface area contributed by atoms with Gasteiger partial charge in [-0.05, 0) is 56.1 Å². The Balaban J connectivity index is 1.66. The molecule has 0 N–H and O–H groups in total. The summed E-state index contributed by atoms with van der Waals surface area (Å²) in [6.45, 7) is 3.61. The zero-order valence-corrected chi connectivity index (χ0v) is 10.3. The molecule has 0 radical (unpaired) electrons. The normalized spacial score (nSPS) is 31.2. The Morgan fingerprint density at radius 1 is 1.06 bits per heavy atom. The summed E-state index contributed by atoms with van der Waals surface area (Å²) in [7, 11) is 1.68. The molecule has 4 rings (SSSR count). The van der Waals surface area contributed by atoms with Crippen molar-refractivity contribution < 1.29 is 9.47 Å². The highest BCUT2D eigenvalue weighted by Gasteiger charge is 2.35. The molecule has 3 heterocycles. The highest BCUT2D eigenvalue weighted by molar-refractivity contribution is 5.31. The van der Waals surface area contributed by atoms with Crippen LogP contribution in [0.5, 0.6) is 11.5 Å². The summed E-state index contributed by atoms with van der Waals surface area (Å²) in [5.74, 6) is 2.60. The SMILES string of the molecule is COc1ccc(OC2CN3CCC2CC3)cc1. The maximum Gasteiger partial charge on any atom is 0.120 e. The van der Waals surface area contributed by atoms with Crippen molar-refractivity contribution in [2.75, 3.05) is 26.7 Å². The first-order valence-corrected chi connectivity index (χ1v) is 6.38. The number of rotatable bonds is 3. The summed E-state index contributed by atoms with van der Waals surface area (Å²) in [6, 6.07) is 7.90. The van der Waals surface area contributed by atoms with E-state index in [1.807, 2.05) is 24.3 Å². The van der Waals surface area contributed by atoms with Gasteiger partial charge in [-0.3, -0.25) is 4.90 Å². The Labute approximate surface area is 102 Å². The second-order valence-electron chi connectivity index (χ2n) is 4.97. The maximum absolute atomic E-state index is 6.09. The maximum atomic E-state index is 6.09. The van der Waals surface area contributed by atoms with Crippen LogP contribution in [0.3, 0.4) is 0 Å². The lowest BCUT2D eigenvalue weighted by Gasteiger charge is -2.44. The van der Waals surface area contributed by atoms with Crippen LogP contribution in [0.25, 0.3) is 0 Å². The average molecular weight is 233 g/mol. The molecule has 3 aliphatic rings. The zero-order valence-electron chi connectivity index (χ0n) is 10.3. The second-order valence-corrected chi connectivity index (χ2v) is 4.97. The van der Waals surface area contributed by atoms with E-state index in [9.17, 15) is 0 Å². The van der Waals surface area contributed by atoms with Crippen LogP contribution in [0.2, 0.25) is 0 Å². The largest absolute Gasteiger partial charge is 0.497 e. The molecule has 3 heteroatoms. The Hall–Kier alpha value is -1.22. The Kier molecular flexibility index (Phi) is 2.93. The van der Waals surface area contributed by atoms with Crippen LogP contribution in [0, 0.1) is 5.92 Å². The van der Waals surface area contributed by atoms with Crippen LogP contribution in [-0.4, -0.2) is 37.7 Å². The molecular weight excluding hydrogens is 214 g/mol. The van der Waals surface area contributed by atoms with Gasteiger partial charge >= 0.3 is 0 Å². The lowest BCUT2D eigenvalue weighted by Crippen LogP contribution is -2.52. The molecule has 0 aliphatic carbocycles. The van der Waals surface area contributed by atoms with Gasteiger partial charge in [0.05, 0.1) is 7.11 Å². The number of hydrogen-bond acceptors (Lipinski definition) is 3. The highest BCUT2D eigenvalue weighted by Crippen LogP contribution is 2.31. The number of methoxy groups -OCH3 is 1. The van der Waals surface area contributed by atoms with Crippen molar-refractivity contribution in [3.8, 4) is 11.5 Å². The Morgan fingerprint density at radius 2 is 1.71 bits per heavy atom. The predicted octanol–water partition coefficient (Wildman–Crippen LogP) is 2.17. The predicted molar refractivity (Wildman–Crippen MR) is 66.6 cm³/mol. The third-order valence-corrected chi connectivity index (χ3v) is 3.94. The first-order valence-electron chi connectivity index (χ1n) is 6.38. The number of hydrogen-bond donors (Lipinski definition) is 0. The van der Waals surface area contributed by atoms with Crippen molar-refractivity contribution in [3.63, 3.8) is 0 Å². The summed E-state index contributed by atoms with van der Waals surface area (Å²) < 4.78 is 11.2. The van der Waals surface area contributed by atoms with E-state index >= 15 is 0 Å². The lowest BCUT2D eigenvalue weighted by atomic mass is 9.86. The summed E-state index contributed by atoms with van der Waals surface area (Å²) in [6.07, 6.45) is 2.97. The molecule has 1 atom stereocenters. The Bertz CT molecular complexity index is 368. The van der Waals surface area contributed by atoms with Crippen molar-refractivity contribution in [2.24, 2.45) is 5.92 Å². The summed E-state index contributed by atoms with van der Waals surface area (Å²) >= 11 is 0. The monoisotopic (exact) mass is 233 g/mol. The molecule has 0 amide bonds. The van der Waals surface area contributed by atoms with Gasteiger partial charge in [0.2, 0.25) is 0 Å². The molecule has 2 bridgehead atoms. The first-order chi connectivity index (χ1) is 8.35. The third-order valence-electron chi connectivity index (χ3n) is 3.94. The quantitative estimate of drug-likeness (QED) is 0.798. The van der Waals surface area contributed by atoms with Gasteiger partial charge in [0.25, 0.3) is 0 Å². The smallest absolute Gasteiger partial charge is 0.120 e. The van der Waals surface area contributed by atoms with Gasteiger partial charge in [-0.25, -0.2) is 0 Å². The molecule has 0 spiro atoms. The van der Waals surface area contributed by atoms with E-state index in [-0.39, 0.29) is 0 Å². The molecule has 3 fully saturated rings. The number of nitrogens with zero attached hydrogens (tertiary/aromatic N) is 1. The van der Waals surface area contributed by atoms with Crippen LogP contribution in [0.15, 0.2) is 24.3 Å². The highest BCUT2D eigenvalue weighted by atomic mass is 16.5. The van der Waals surface area contributed by atoms with E-state index in [4.69, 9.17) is 9.47 Å². The van der Waals surface area contributed by atoms with E-state index in [0.29, 0.717) is 6.10 Å². The van der Waals surface area contributed by atoms with Gasteiger partial charge in [-0.15, -0.1) is 0 Å². The molecule has 1 aromatic rings. The van der Waals surface area contributed by atoms with Gasteiger partial charge in [0.15, 0.2) is 0 Å². The molecule has 3 saturated heterocycles. The average Bonchev–Trinajstić information content (AvgIpc) is 2.41. The molecule has 1 aromatic carbocycles. The van der Waals surface area contributed by atoms with Gasteiger partial charge in [-0.1, -0.05) is 0 Å². The summed E-state index contributed by atoms with van der Waals surface area (Å²) in [4.78, 5) is 2.51. The lowest BCUT2D eigenvalue weighted by molar-refractivity contribution is -0.00777. The van der Waals surface area contributed by atoms with Crippen LogP contribution >= 0.6 is 0 Å². The summed E-state index contributed by atoms with van der Waals surface area (Å²) in [5.41, 5.74) is 0. The van der Waals surface area contributed by atoms with Gasteiger partial charge < -0.3 is 9.47 Å². The number of fused-ring (bicyclic) bond motifs is 3. The minimum atomic E-state index is 0.380. The van der Waals surface area contributed by atoms with Crippen LogP contribution < -0.4 is 9.47 Å². The van der Waals surface area contributed by atoms with Crippen molar-refractivity contribution in [1.82, 2.24) is 4.90 Å². The third kappa shape index (κ3) is 2.25. The number of ether oxygens (including phenoxy) is 2. The second kappa shape index (κ2) is 4.57. The van der Waals surface area contributed by atoms with Crippen molar-refractivity contribution in [1.29, 1.82) is 0 Å². The summed E-state index contributed by atoms with van der Waals surface area (Å²) in [5, 5.41) is 0. The molecule has 0 saturated carbocycles. The van der Waals surface area contributed by atoms with Crippen molar-refractivity contribution >= 4 is 0 Å². The van der Waals surface area contributed by atoms with Crippen molar-refractivity contribution in [2.45, 2.75) is 18.9 Å². The topological polar surface area (TPSA) is 21.7 Å². The first kappa shape index (κ1) is 10.9. The number of piperidine rings is 3. The van der Waals surface area contributed by atoms with E-state index < -0.39 is 0 Å². The standard InChI is InChI=1S/C14H19NO2/c1-16-12-2-4-13(5-3-12)17-14-10-15-8-6-11(14)7-9-15/h2-5,11,14H,6-10H2,1H3. The number of benzene rings is 1. The Morgan fingerprint density at radius 3 is 2.24 bits per heavy atom. The molecule has 17 heavy (non-hydrogen) atoms. The molecule has 3 nitrogen and oxygen atoms in total.